The Kier molecular flexibility index (Phi) is 6.54. The number of fused-ring (bicyclic) bond motifs is 1. The summed E-state index contributed by atoms with van der Waals surface area (Å²) in [5, 5.41) is 1.10. The fourth-order valence-corrected chi connectivity index (χ4v) is 3.32. The standard InChI is InChI=1S/C16H25N3OS/c1-4-18(5-2)10-11-19-15-9-7-6-8-14(15)17-16(19)21-13-12-20-3/h6-9H,4-5,10-13H2,1-3H3. The second kappa shape index (κ2) is 8.41. The second-order valence-electron chi connectivity index (χ2n) is 4.90. The van der Waals surface area contributed by atoms with Gasteiger partial charge >= 0.3 is 0 Å². The van der Waals surface area contributed by atoms with E-state index >= 15 is 0 Å². The number of thioether (sulfide) groups is 1. The van der Waals surface area contributed by atoms with Gasteiger partial charge in [-0.05, 0) is 25.2 Å². The molecule has 0 bridgehead atoms. The molecule has 0 aliphatic rings. The Morgan fingerprint density at radius 3 is 2.71 bits per heavy atom. The van der Waals surface area contributed by atoms with Crippen molar-refractivity contribution in [1.29, 1.82) is 0 Å². The topological polar surface area (TPSA) is 30.3 Å². The molecule has 5 heteroatoms. The van der Waals surface area contributed by atoms with Crippen molar-refractivity contribution in [1.82, 2.24) is 14.5 Å². The Hall–Kier alpha value is -1.04. The number of hydrogen-bond acceptors (Lipinski definition) is 4. The van der Waals surface area contributed by atoms with Crippen LogP contribution in [0.4, 0.5) is 0 Å². The normalized spacial score (nSPS) is 11.6. The largest absolute Gasteiger partial charge is 0.384 e. The zero-order valence-corrected chi connectivity index (χ0v) is 14.0. The zero-order valence-electron chi connectivity index (χ0n) is 13.2. The fraction of sp³-hybridized carbons (Fsp3) is 0.562. The van der Waals surface area contributed by atoms with Crippen LogP contribution in [0.25, 0.3) is 11.0 Å². The summed E-state index contributed by atoms with van der Waals surface area (Å²) in [6.07, 6.45) is 0. The van der Waals surface area contributed by atoms with Crippen molar-refractivity contribution in [2.45, 2.75) is 25.5 Å². The smallest absolute Gasteiger partial charge is 0.169 e. The van der Waals surface area contributed by atoms with Gasteiger partial charge in [-0.1, -0.05) is 37.7 Å². The summed E-state index contributed by atoms with van der Waals surface area (Å²) in [5.41, 5.74) is 2.31. The SMILES string of the molecule is CCN(CC)CCn1c(SCCOC)nc2ccccc21. The summed E-state index contributed by atoms with van der Waals surface area (Å²) < 4.78 is 7.49. The van der Waals surface area contributed by atoms with Crippen LogP contribution in [0.3, 0.4) is 0 Å². The zero-order chi connectivity index (χ0) is 15.1. The van der Waals surface area contributed by atoms with Crippen molar-refractivity contribution in [3.05, 3.63) is 24.3 Å². The molecule has 0 fully saturated rings. The molecule has 0 spiro atoms. The predicted molar refractivity (Wildman–Crippen MR) is 90.1 cm³/mol. The minimum absolute atomic E-state index is 0.754. The van der Waals surface area contributed by atoms with Crippen LogP contribution in [0.15, 0.2) is 29.4 Å². The van der Waals surface area contributed by atoms with Crippen LogP contribution in [-0.4, -0.2) is 53.6 Å². The van der Waals surface area contributed by atoms with Gasteiger partial charge < -0.3 is 14.2 Å². The van der Waals surface area contributed by atoms with Gasteiger partial charge in [-0.25, -0.2) is 4.98 Å². The number of nitrogens with zero attached hydrogens (tertiary/aromatic N) is 3. The maximum Gasteiger partial charge on any atom is 0.169 e. The Morgan fingerprint density at radius 2 is 2.00 bits per heavy atom. The molecule has 4 nitrogen and oxygen atoms in total. The molecule has 0 amide bonds. The van der Waals surface area contributed by atoms with Gasteiger partial charge in [-0.15, -0.1) is 0 Å². The second-order valence-corrected chi connectivity index (χ2v) is 5.96. The summed E-state index contributed by atoms with van der Waals surface area (Å²) in [6.45, 7) is 9.41. The van der Waals surface area contributed by atoms with E-state index in [0.717, 1.165) is 49.2 Å². The highest BCUT2D eigenvalue weighted by Gasteiger charge is 2.11. The van der Waals surface area contributed by atoms with E-state index in [1.807, 2.05) is 6.07 Å². The first-order valence-corrected chi connectivity index (χ1v) is 8.58. The quantitative estimate of drug-likeness (QED) is 0.526. The average molecular weight is 307 g/mol. The van der Waals surface area contributed by atoms with Gasteiger partial charge in [0.2, 0.25) is 0 Å². The molecule has 116 valence electrons. The number of para-hydroxylation sites is 2. The number of benzene rings is 1. The number of ether oxygens (including phenoxy) is 1. The molecule has 1 heterocycles. The Bertz CT molecular complexity index is 551. The van der Waals surface area contributed by atoms with Crippen LogP contribution >= 0.6 is 11.8 Å². The van der Waals surface area contributed by atoms with Crippen molar-refractivity contribution in [3.63, 3.8) is 0 Å². The number of aromatic nitrogens is 2. The minimum Gasteiger partial charge on any atom is -0.384 e. The van der Waals surface area contributed by atoms with E-state index < -0.39 is 0 Å². The number of likely N-dealkylation sites (N-methyl/N-ethyl adjacent to an activating group) is 1. The van der Waals surface area contributed by atoms with Crippen LogP contribution in [0.2, 0.25) is 0 Å². The van der Waals surface area contributed by atoms with Gasteiger partial charge in [0.25, 0.3) is 0 Å². The third-order valence-electron chi connectivity index (χ3n) is 3.67. The molecule has 21 heavy (non-hydrogen) atoms. The highest BCUT2D eigenvalue weighted by Crippen LogP contribution is 2.23. The summed E-state index contributed by atoms with van der Waals surface area (Å²) >= 11 is 1.77. The summed E-state index contributed by atoms with van der Waals surface area (Å²) in [4.78, 5) is 7.21. The third-order valence-corrected chi connectivity index (χ3v) is 4.61. The lowest BCUT2D eigenvalue weighted by atomic mass is 10.3. The monoisotopic (exact) mass is 307 g/mol. The predicted octanol–water partition coefficient (Wildman–Crippen LogP) is 3.12. The molecule has 2 aromatic rings. The van der Waals surface area contributed by atoms with E-state index in [-0.39, 0.29) is 0 Å². The Labute approximate surface area is 131 Å². The first kappa shape index (κ1) is 16.3. The molecule has 0 atom stereocenters. The molecule has 0 aliphatic carbocycles. The van der Waals surface area contributed by atoms with Crippen molar-refractivity contribution >= 4 is 22.8 Å². The molecule has 1 aromatic heterocycles. The maximum absolute atomic E-state index is 5.14. The molecule has 1 aromatic carbocycles. The highest BCUT2D eigenvalue weighted by atomic mass is 32.2. The molecule has 0 N–H and O–H groups in total. The molecule has 0 saturated heterocycles. The number of rotatable bonds is 9. The van der Waals surface area contributed by atoms with Crippen LogP contribution in [-0.2, 0) is 11.3 Å². The van der Waals surface area contributed by atoms with E-state index in [2.05, 4.69) is 41.5 Å². The average Bonchev–Trinajstić information content (AvgIpc) is 2.86. The van der Waals surface area contributed by atoms with E-state index in [1.54, 1.807) is 18.9 Å². The van der Waals surface area contributed by atoms with Crippen molar-refractivity contribution < 1.29 is 4.74 Å². The van der Waals surface area contributed by atoms with Gasteiger partial charge in [-0.2, -0.15) is 0 Å². The first-order valence-electron chi connectivity index (χ1n) is 7.59. The molecule has 0 saturated carbocycles. The maximum atomic E-state index is 5.14. The Morgan fingerprint density at radius 1 is 1.24 bits per heavy atom. The van der Waals surface area contributed by atoms with Gasteiger partial charge in [-0.3, -0.25) is 0 Å². The molecular weight excluding hydrogens is 282 g/mol. The third kappa shape index (κ3) is 4.22. The van der Waals surface area contributed by atoms with Crippen LogP contribution in [0.1, 0.15) is 13.8 Å². The van der Waals surface area contributed by atoms with E-state index in [4.69, 9.17) is 9.72 Å². The van der Waals surface area contributed by atoms with Crippen molar-refractivity contribution in [3.8, 4) is 0 Å². The van der Waals surface area contributed by atoms with E-state index in [1.165, 1.54) is 5.52 Å². The van der Waals surface area contributed by atoms with E-state index in [9.17, 15) is 0 Å². The fourth-order valence-electron chi connectivity index (χ4n) is 2.38. The van der Waals surface area contributed by atoms with Gasteiger partial charge in [0.1, 0.15) is 0 Å². The van der Waals surface area contributed by atoms with Gasteiger partial charge in [0, 0.05) is 26.0 Å². The Balaban J connectivity index is 2.18. The number of methoxy groups -OCH3 is 1. The van der Waals surface area contributed by atoms with Crippen LogP contribution < -0.4 is 0 Å². The lowest BCUT2D eigenvalue weighted by Crippen LogP contribution is -2.27. The molecule has 2 rings (SSSR count). The summed E-state index contributed by atoms with van der Waals surface area (Å²) in [5.74, 6) is 0.936. The molecular formula is C16H25N3OS. The first-order chi connectivity index (χ1) is 10.3. The minimum atomic E-state index is 0.754. The van der Waals surface area contributed by atoms with Gasteiger partial charge in [0.15, 0.2) is 5.16 Å². The van der Waals surface area contributed by atoms with Crippen LogP contribution in [0.5, 0.6) is 0 Å². The summed E-state index contributed by atoms with van der Waals surface area (Å²) in [6, 6.07) is 8.38. The highest BCUT2D eigenvalue weighted by molar-refractivity contribution is 7.99. The summed E-state index contributed by atoms with van der Waals surface area (Å²) in [7, 11) is 1.74. The lowest BCUT2D eigenvalue weighted by molar-refractivity contribution is 0.218. The number of hydrogen-bond donors (Lipinski definition) is 0. The van der Waals surface area contributed by atoms with E-state index in [0.29, 0.717) is 0 Å². The van der Waals surface area contributed by atoms with Gasteiger partial charge in [0.05, 0.1) is 17.6 Å². The van der Waals surface area contributed by atoms with Crippen molar-refractivity contribution in [2.24, 2.45) is 0 Å². The molecule has 0 unspecified atom stereocenters. The van der Waals surface area contributed by atoms with Crippen molar-refractivity contribution in [2.75, 3.05) is 39.1 Å². The molecule has 0 radical (unpaired) electrons. The lowest BCUT2D eigenvalue weighted by Gasteiger charge is -2.19. The van der Waals surface area contributed by atoms with Crippen LogP contribution in [0, 0.1) is 0 Å². The number of imidazole rings is 1. The molecule has 0 aliphatic heterocycles.